The molecular weight excluding hydrogens is 282 g/mol. The van der Waals surface area contributed by atoms with Crippen LogP contribution in [0.5, 0.6) is 0 Å². The van der Waals surface area contributed by atoms with E-state index in [9.17, 15) is 9.59 Å². The second-order valence-corrected chi connectivity index (χ2v) is 5.87. The number of rotatable bonds is 4. The molecule has 22 heavy (non-hydrogen) atoms. The minimum atomic E-state index is -0.0717. The summed E-state index contributed by atoms with van der Waals surface area (Å²) in [6, 6.07) is 5.54. The van der Waals surface area contributed by atoms with Crippen LogP contribution in [-0.2, 0) is 9.53 Å². The second kappa shape index (κ2) is 6.04. The third-order valence-electron chi connectivity index (χ3n) is 4.52. The summed E-state index contributed by atoms with van der Waals surface area (Å²) in [5.41, 5.74) is 1.29. The molecule has 3 rings (SSSR count). The number of amides is 2. The summed E-state index contributed by atoms with van der Waals surface area (Å²) in [6.45, 7) is 3.68. The number of pyridine rings is 1. The number of nitrogens with zero attached hydrogens (tertiary/aromatic N) is 3. The van der Waals surface area contributed by atoms with Crippen LogP contribution in [-0.4, -0.2) is 65.5 Å². The van der Waals surface area contributed by atoms with Crippen LogP contribution >= 0.6 is 0 Å². The van der Waals surface area contributed by atoms with Gasteiger partial charge >= 0.3 is 0 Å². The standard InChI is InChI=1S/C16H21N3O3/c1-11-4-3-5-12(17-11)16(21)19-7-6-13-14(19)10-15(20)18(13)8-9-22-2/h3-5,13-14H,6-10H2,1-2H3/t13-,14+/m1/s1. The summed E-state index contributed by atoms with van der Waals surface area (Å²) in [6.07, 6.45) is 1.24. The van der Waals surface area contributed by atoms with Gasteiger partial charge in [0, 0.05) is 32.3 Å². The zero-order chi connectivity index (χ0) is 15.7. The summed E-state index contributed by atoms with van der Waals surface area (Å²) in [7, 11) is 1.63. The van der Waals surface area contributed by atoms with Gasteiger partial charge in [0.25, 0.3) is 5.91 Å². The van der Waals surface area contributed by atoms with E-state index in [0.29, 0.717) is 31.8 Å². The Bertz CT molecular complexity index is 590. The molecule has 2 aliphatic rings. The first-order chi connectivity index (χ1) is 10.6. The molecule has 0 aliphatic carbocycles. The molecule has 0 bridgehead atoms. The maximum absolute atomic E-state index is 12.7. The Hall–Kier alpha value is -1.95. The predicted octanol–water partition coefficient (Wildman–Crippen LogP) is 0.852. The Kier molecular flexibility index (Phi) is 4.11. The van der Waals surface area contributed by atoms with Gasteiger partial charge in [0.2, 0.25) is 5.91 Å². The largest absolute Gasteiger partial charge is 0.383 e. The summed E-state index contributed by atoms with van der Waals surface area (Å²) in [5, 5.41) is 0. The fraction of sp³-hybridized carbons (Fsp3) is 0.562. The molecule has 0 unspecified atom stereocenters. The van der Waals surface area contributed by atoms with Crippen molar-refractivity contribution in [3.8, 4) is 0 Å². The summed E-state index contributed by atoms with van der Waals surface area (Å²) < 4.78 is 5.07. The topological polar surface area (TPSA) is 62.7 Å². The van der Waals surface area contributed by atoms with Gasteiger partial charge in [0.05, 0.1) is 18.7 Å². The van der Waals surface area contributed by atoms with Crippen LogP contribution in [0.2, 0.25) is 0 Å². The van der Waals surface area contributed by atoms with E-state index in [2.05, 4.69) is 4.98 Å². The van der Waals surface area contributed by atoms with Crippen molar-refractivity contribution >= 4 is 11.8 Å². The number of likely N-dealkylation sites (tertiary alicyclic amines) is 2. The lowest BCUT2D eigenvalue weighted by molar-refractivity contribution is -0.129. The fourth-order valence-electron chi connectivity index (χ4n) is 3.47. The minimum Gasteiger partial charge on any atom is -0.383 e. The van der Waals surface area contributed by atoms with Gasteiger partial charge in [-0.15, -0.1) is 0 Å². The molecule has 0 radical (unpaired) electrons. The minimum absolute atomic E-state index is 0.0285. The number of ether oxygens (including phenoxy) is 1. The zero-order valence-electron chi connectivity index (χ0n) is 13.0. The molecule has 2 amide bonds. The molecule has 0 N–H and O–H groups in total. The molecule has 2 atom stereocenters. The molecule has 2 fully saturated rings. The van der Waals surface area contributed by atoms with Crippen LogP contribution in [0, 0.1) is 6.92 Å². The summed E-state index contributed by atoms with van der Waals surface area (Å²) in [5.74, 6) is 0.0411. The van der Waals surface area contributed by atoms with Crippen LogP contribution < -0.4 is 0 Å². The molecule has 0 aromatic carbocycles. The molecule has 6 heteroatoms. The van der Waals surface area contributed by atoms with E-state index in [-0.39, 0.29) is 23.9 Å². The van der Waals surface area contributed by atoms with E-state index < -0.39 is 0 Å². The highest BCUT2D eigenvalue weighted by molar-refractivity contribution is 5.94. The van der Waals surface area contributed by atoms with E-state index in [1.807, 2.05) is 28.9 Å². The maximum atomic E-state index is 12.7. The lowest BCUT2D eigenvalue weighted by Crippen LogP contribution is -2.41. The number of aromatic nitrogens is 1. The second-order valence-electron chi connectivity index (χ2n) is 5.87. The maximum Gasteiger partial charge on any atom is 0.272 e. The first-order valence-electron chi connectivity index (χ1n) is 7.65. The van der Waals surface area contributed by atoms with Crippen molar-refractivity contribution in [3.63, 3.8) is 0 Å². The predicted molar refractivity (Wildman–Crippen MR) is 80.4 cm³/mol. The van der Waals surface area contributed by atoms with Gasteiger partial charge in [-0.05, 0) is 25.5 Å². The number of hydrogen-bond donors (Lipinski definition) is 0. The monoisotopic (exact) mass is 303 g/mol. The van der Waals surface area contributed by atoms with Crippen molar-refractivity contribution in [1.29, 1.82) is 0 Å². The number of carbonyl (C=O) groups excluding carboxylic acids is 2. The Morgan fingerprint density at radius 1 is 1.41 bits per heavy atom. The van der Waals surface area contributed by atoms with Gasteiger partial charge in [-0.25, -0.2) is 4.98 Å². The molecule has 6 nitrogen and oxygen atoms in total. The highest BCUT2D eigenvalue weighted by Crippen LogP contribution is 2.33. The van der Waals surface area contributed by atoms with Gasteiger partial charge in [0.1, 0.15) is 5.69 Å². The first-order valence-corrected chi connectivity index (χ1v) is 7.65. The van der Waals surface area contributed by atoms with E-state index in [4.69, 9.17) is 4.74 Å². The Balaban J connectivity index is 1.75. The zero-order valence-corrected chi connectivity index (χ0v) is 13.0. The first kappa shape index (κ1) is 15.0. The normalized spacial score (nSPS) is 24.0. The van der Waals surface area contributed by atoms with E-state index in [0.717, 1.165) is 12.1 Å². The van der Waals surface area contributed by atoms with Gasteiger partial charge in [-0.2, -0.15) is 0 Å². The van der Waals surface area contributed by atoms with E-state index >= 15 is 0 Å². The molecule has 3 heterocycles. The van der Waals surface area contributed by atoms with E-state index in [1.54, 1.807) is 13.2 Å². The number of aryl methyl sites for hydroxylation is 1. The number of fused-ring (bicyclic) bond motifs is 1. The quantitative estimate of drug-likeness (QED) is 0.827. The molecule has 2 saturated heterocycles. The smallest absolute Gasteiger partial charge is 0.272 e. The van der Waals surface area contributed by atoms with Crippen molar-refractivity contribution in [1.82, 2.24) is 14.8 Å². The van der Waals surface area contributed by atoms with E-state index in [1.165, 1.54) is 0 Å². The highest BCUT2D eigenvalue weighted by atomic mass is 16.5. The van der Waals surface area contributed by atoms with Gasteiger partial charge < -0.3 is 14.5 Å². The molecule has 1 aromatic rings. The highest BCUT2D eigenvalue weighted by Gasteiger charge is 2.48. The Morgan fingerprint density at radius 3 is 2.95 bits per heavy atom. The molecule has 1 aromatic heterocycles. The third-order valence-corrected chi connectivity index (χ3v) is 4.52. The van der Waals surface area contributed by atoms with Crippen LogP contribution in [0.1, 0.15) is 29.0 Å². The average molecular weight is 303 g/mol. The van der Waals surface area contributed by atoms with Crippen molar-refractivity contribution in [3.05, 3.63) is 29.6 Å². The van der Waals surface area contributed by atoms with Crippen molar-refractivity contribution in [2.24, 2.45) is 0 Å². The SMILES string of the molecule is COCCN1C(=O)C[C@H]2[C@H]1CCN2C(=O)c1cccc(C)n1. The number of methoxy groups -OCH3 is 1. The molecule has 118 valence electrons. The lowest BCUT2D eigenvalue weighted by Gasteiger charge is -2.25. The van der Waals surface area contributed by atoms with Crippen LogP contribution in [0.25, 0.3) is 0 Å². The molecule has 0 saturated carbocycles. The lowest BCUT2D eigenvalue weighted by atomic mass is 10.1. The van der Waals surface area contributed by atoms with Crippen LogP contribution in [0.3, 0.4) is 0 Å². The Labute approximate surface area is 130 Å². The fourth-order valence-corrected chi connectivity index (χ4v) is 3.47. The van der Waals surface area contributed by atoms with Crippen LogP contribution in [0.15, 0.2) is 18.2 Å². The molecule has 0 spiro atoms. The van der Waals surface area contributed by atoms with Gasteiger partial charge in [-0.3, -0.25) is 9.59 Å². The summed E-state index contributed by atoms with van der Waals surface area (Å²) in [4.78, 5) is 32.8. The summed E-state index contributed by atoms with van der Waals surface area (Å²) >= 11 is 0. The van der Waals surface area contributed by atoms with Gasteiger partial charge in [0.15, 0.2) is 0 Å². The van der Waals surface area contributed by atoms with Crippen molar-refractivity contribution in [2.45, 2.75) is 31.8 Å². The van der Waals surface area contributed by atoms with Crippen molar-refractivity contribution < 1.29 is 14.3 Å². The van der Waals surface area contributed by atoms with Crippen LogP contribution in [0.4, 0.5) is 0 Å². The third kappa shape index (κ3) is 2.59. The Morgan fingerprint density at radius 2 is 2.23 bits per heavy atom. The molecule has 2 aliphatic heterocycles. The average Bonchev–Trinajstić information content (AvgIpc) is 3.03. The van der Waals surface area contributed by atoms with Gasteiger partial charge in [-0.1, -0.05) is 6.07 Å². The number of carbonyl (C=O) groups is 2. The molecular formula is C16H21N3O3. The van der Waals surface area contributed by atoms with Crippen molar-refractivity contribution in [2.75, 3.05) is 26.8 Å². The number of hydrogen-bond acceptors (Lipinski definition) is 4.